The highest BCUT2D eigenvalue weighted by Crippen LogP contribution is 2.29. The molecule has 7 heteroatoms. The monoisotopic (exact) mass is 366 g/mol. The number of amides is 1. The largest absolute Gasteiger partial charge is 0.368 e. The van der Waals surface area contributed by atoms with Crippen LogP contribution in [0.5, 0.6) is 0 Å². The minimum atomic E-state index is -0.731. The molecule has 2 rings (SSSR count). The Hall–Kier alpha value is -0.520. The van der Waals surface area contributed by atoms with Crippen LogP contribution in [-0.4, -0.2) is 43.7 Å². The number of benzene rings is 1. The van der Waals surface area contributed by atoms with Crippen LogP contribution in [0.3, 0.4) is 0 Å². The van der Waals surface area contributed by atoms with Crippen molar-refractivity contribution in [2.75, 3.05) is 27.2 Å². The van der Waals surface area contributed by atoms with E-state index in [4.69, 9.17) is 27.9 Å². The summed E-state index contributed by atoms with van der Waals surface area (Å²) >= 11 is 12.2. The van der Waals surface area contributed by atoms with Crippen molar-refractivity contribution in [3.63, 3.8) is 0 Å². The fourth-order valence-electron chi connectivity index (χ4n) is 2.68. The Morgan fingerprint density at radius 3 is 2.59 bits per heavy atom. The van der Waals surface area contributed by atoms with Crippen LogP contribution in [0.15, 0.2) is 18.2 Å². The predicted molar refractivity (Wildman–Crippen MR) is 92.0 cm³/mol. The van der Waals surface area contributed by atoms with Gasteiger partial charge in [0.2, 0.25) is 0 Å². The number of halogens is 3. The fourth-order valence-corrected chi connectivity index (χ4v) is 3.06. The Bertz CT molecular complexity index is 520. The summed E-state index contributed by atoms with van der Waals surface area (Å²) in [7, 11) is 3.37. The maximum Gasteiger partial charge on any atom is 0.254 e. The number of ether oxygens (including phenoxy) is 1. The maximum absolute atomic E-state index is 12.7. The van der Waals surface area contributed by atoms with Gasteiger partial charge in [-0.1, -0.05) is 35.3 Å². The van der Waals surface area contributed by atoms with Gasteiger partial charge in [-0.05, 0) is 37.6 Å². The lowest BCUT2D eigenvalue weighted by Crippen LogP contribution is -2.54. The molecule has 0 radical (unpaired) electrons. The smallest absolute Gasteiger partial charge is 0.254 e. The average molecular weight is 368 g/mol. The number of likely N-dealkylation sites (N-methyl/N-ethyl adjacent to an activating group) is 1. The van der Waals surface area contributed by atoms with Gasteiger partial charge in [0, 0.05) is 20.7 Å². The Kier molecular flexibility index (Phi) is 7.42. The third kappa shape index (κ3) is 4.06. The van der Waals surface area contributed by atoms with E-state index in [9.17, 15) is 4.79 Å². The van der Waals surface area contributed by atoms with Crippen LogP contribution in [-0.2, 0) is 16.1 Å². The van der Waals surface area contributed by atoms with Gasteiger partial charge in [0.25, 0.3) is 5.91 Å². The molecule has 0 bridgehead atoms. The van der Waals surface area contributed by atoms with E-state index < -0.39 is 5.60 Å². The highest BCUT2D eigenvalue weighted by Gasteiger charge is 2.41. The second-order valence-electron chi connectivity index (χ2n) is 5.32. The third-order valence-electron chi connectivity index (χ3n) is 3.98. The first-order chi connectivity index (χ1) is 10.00. The minimum Gasteiger partial charge on any atom is -0.368 e. The van der Waals surface area contributed by atoms with Gasteiger partial charge >= 0.3 is 0 Å². The number of hydrogen-bond acceptors (Lipinski definition) is 3. The second-order valence-corrected chi connectivity index (χ2v) is 6.11. The average Bonchev–Trinajstić information content (AvgIpc) is 2.51. The molecule has 0 unspecified atom stereocenters. The molecule has 1 fully saturated rings. The second kappa shape index (κ2) is 8.37. The van der Waals surface area contributed by atoms with Gasteiger partial charge in [-0.2, -0.15) is 0 Å². The Balaban J connectivity index is 0.00000242. The molecule has 1 aromatic rings. The Morgan fingerprint density at radius 2 is 2.00 bits per heavy atom. The lowest BCUT2D eigenvalue weighted by molar-refractivity contribution is -0.157. The summed E-state index contributed by atoms with van der Waals surface area (Å²) in [5, 5.41) is 4.24. The number of nitrogens with zero attached hydrogens (tertiary/aromatic N) is 1. The topological polar surface area (TPSA) is 41.6 Å². The first kappa shape index (κ1) is 19.5. The molecule has 0 atom stereocenters. The first-order valence-electron chi connectivity index (χ1n) is 6.94. The minimum absolute atomic E-state index is 0. The summed E-state index contributed by atoms with van der Waals surface area (Å²) in [4.78, 5) is 14.4. The molecule has 1 aliphatic rings. The van der Waals surface area contributed by atoms with E-state index in [2.05, 4.69) is 5.32 Å². The molecule has 1 heterocycles. The van der Waals surface area contributed by atoms with Gasteiger partial charge in [0.15, 0.2) is 0 Å². The van der Waals surface area contributed by atoms with E-state index in [0.717, 1.165) is 18.7 Å². The van der Waals surface area contributed by atoms with Crippen molar-refractivity contribution in [1.29, 1.82) is 0 Å². The summed E-state index contributed by atoms with van der Waals surface area (Å²) in [6, 6.07) is 5.44. The number of rotatable bonds is 4. The first-order valence-corrected chi connectivity index (χ1v) is 7.70. The molecule has 1 aliphatic heterocycles. The summed E-state index contributed by atoms with van der Waals surface area (Å²) in [5.41, 5.74) is 0.102. The van der Waals surface area contributed by atoms with Crippen LogP contribution < -0.4 is 5.32 Å². The molecular formula is C15H21Cl3N2O2. The molecular weight excluding hydrogens is 347 g/mol. The van der Waals surface area contributed by atoms with E-state index in [1.54, 1.807) is 25.1 Å². The van der Waals surface area contributed by atoms with Crippen molar-refractivity contribution in [3.05, 3.63) is 33.8 Å². The highest BCUT2D eigenvalue weighted by atomic mass is 35.5. The highest BCUT2D eigenvalue weighted by molar-refractivity contribution is 6.42. The van der Waals surface area contributed by atoms with E-state index in [0.29, 0.717) is 29.4 Å². The molecule has 1 N–H and O–H groups in total. The summed E-state index contributed by atoms with van der Waals surface area (Å²) in [6.45, 7) is 1.98. The number of methoxy groups -OCH3 is 1. The Morgan fingerprint density at radius 1 is 1.36 bits per heavy atom. The molecule has 1 saturated heterocycles. The standard InChI is InChI=1S/C15H20Cl2N2O2.ClH/c1-19(10-11-4-3-5-12(16)13(11)17)14(20)15(21-2)6-8-18-9-7-15;/h3-5,18H,6-10H2,1-2H3;1H. The van der Waals surface area contributed by atoms with Gasteiger partial charge in [0.05, 0.1) is 10.0 Å². The van der Waals surface area contributed by atoms with E-state index in [1.807, 2.05) is 12.1 Å². The van der Waals surface area contributed by atoms with Gasteiger partial charge in [-0.25, -0.2) is 0 Å². The Labute approximate surface area is 147 Å². The number of carbonyl (C=O) groups is 1. The molecule has 0 aromatic heterocycles. The fraction of sp³-hybridized carbons (Fsp3) is 0.533. The van der Waals surface area contributed by atoms with Crippen LogP contribution in [0.4, 0.5) is 0 Å². The zero-order chi connectivity index (χ0) is 15.5. The van der Waals surface area contributed by atoms with Crippen LogP contribution in [0, 0.1) is 0 Å². The quantitative estimate of drug-likeness (QED) is 0.889. The number of carbonyl (C=O) groups excluding carboxylic acids is 1. The summed E-state index contributed by atoms with van der Waals surface area (Å²) < 4.78 is 5.56. The molecule has 1 aromatic carbocycles. The van der Waals surface area contributed by atoms with Crippen molar-refractivity contribution in [1.82, 2.24) is 10.2 Å². The maximum atomic E-state index is 12.7. The van der Waals surface area contributed by atoms with E-state index >= 15 is 0 Å². The van der Waals surface area contributed by atoms with Crippen molar-refractivity contribution in [2.45, 2.75) is 25.0 Å². The molecule has 1 amide bonds. The number of hydrogen-bond donors (Lipinski definition) is 1. The number of nitrogens with one attached hydrogen (secondary N) is 1. The van der Waals surface area contributed by atoms with Crippen LogP contribution in [0.2, 0.25) is 10.0 Å². The van der Waals surface area contributed by atoms with Crippen LogP contribution in [0.1, 0.15) is 18.4 Å². The normalized spacial score (nSPS) is 16.7. The van der Waals surface area contributed by atoms with Gasteiger partial charge in [-0.3, -0.25) is 4.79 Å². The van der Waals surface area contributed by atoms with E-state index in [-0.39, 0.29) is 18.3 Å². The van der Waals surface area contributed by atoms with Crippen molar-refractivity contribution in [3.8, 4) is 0 Å². The summed E-state index contributed by atoms with van der Waals surface area (Å²) in [5.74, 6) is -0.0115. The SMILES string of the molecule is COC1(C(=O)N(C)Cc2cccc(Cl)c2Cl)CCNCC1.Cl. The lowest BCUT2D eigenvalue weighted by atomic mass is 9.90. The van der Waals surface area contributed by atoms with Crippen LogP contribution in [0.25, 0.3) is 0 Å². The molecule has 0 saturated carbocycles. The van der Waals surface area contributed by atoms with Crippen molar-refractivity contribution < 1.29 is 9.53 Å². The van der Waals surface area contributed by atoms with Gasteiger partial charge < -0.3 is 15.0 Å². The molecule has 0 spiro atoms. The van der Waals surface area contributed by atoms with Crippen molar-refractivity contribution >= 4 is 41.5 Å². The molecule has 4 nitrogen and oxygen atoms in total. The van der Waals surface area contributed by atoms with Crippen molar-refractivity contribution in [2.24, 2.45) is 0 Å². The predicted octanol–water partition coefficient (Wildman–Crippen LogP) is 3.14. The van der Waals surface area contributed by atoms with E-state index in [1.165, 1.54) is 0 Å². The summed E-state index contributed by atoms with van der Waals surface area (Å²) in [6.07, 6.45) is 1.35. The van der Waals surface area contributed by atoms with Gasteiger partial charge in [0.1, 0.15) is 5.60 Å². The number of piperidine rings is 1. The third-order valence-corrected chi connectivity index (χ3v) is 4.84. The zero-order valence-electron chi connectivity index (χ0n) is 12.7. The van der Waals surface area contributed by atoms with Crippen LogP contribution >= 0.6 is 35.6 Å². The lowest BCUT2D eigenvalue weighted by Gasteiger charge is -2.37. The molecule has 22 heavy (non-hydrogen) atoms. The molecule has 124 valence electrons. The molecule has 0 aliphatic carbocycles. The van der Waals surface area contributed by atoms with Gasteiger partial charge in [-0.15, -0.1) is 12.4 Å². The zero-order valence-corrected chi connectivity index (χ0v) is 15.0.